The van der Waals surface area contributed by atoms with Gasteiger partial charge in [-0.15, -0.1) is 9.24 Å². The predicted molar refractivity (Wildman–Crippen MR) is 76.8 cm³/mol. The van der Waals surface area contributed by atoms with Crippen LogP contribution in [0.4, 0.5) is 0 Å². The maximum absolute atomic E-state index is 6.35. The van der Waals surface area contributed by atoms with E-state index < -0.39 is 0 Å². The maximum atomic E-state index is 6.35. The topological polar surface area (TPSA) is 26.0 Å². The smallest absolute Gasteiger partial charge is 0.0554 e. The summed E-state index contributed by atoms with van der Waals surface area (Å²) in [6, 6.07) is 20.7. The zero-order valence-electron chi connectivity index (χ0n) is 9.84. The lowest BCUT2D eigenvalue weighted by atomic mass is 9.99. The van der Waals surface area contributed by atoms with Crippen LogP contribution in [0.1, 0.15) is 17.5 Å². The van der Waals surface area contributed by atoms with Gasteiger partial charge in [-0.05, 0) is 24.0 Å². The molecular weight excluding hydrogens is 225 g/mol. The van der Waals surface area contributed by atoms with E-state index in [9.17, 15) is 0 Å². The first-order chi connectivity index (χ1) is 8.18. The second kappa shape index (κ2) is 5.44. The largest absolute Gasteiger partial charge is 0.318 e. The number of aryl methyl sites for hydroxylation is 1. The summed E-state index contributed by atoms with van der Waals surface area (Å²) in [5.41, 5.74) is 8.85. The Balaban J connectivity index is 2.03. The molecule has 0 aromatic heterocycles. The monoisotopic (exact) mass is 243 g/mol. The second-order valence-electron chi connectivity index (χ2n) is 4.39. The highest BCUT2D eigenvalue weighted by molar-refractivity contribution is 7.18. The third-order valence-electron chi connectivity index (χ3n) is 2.98. The molecule has 0 fully saturated rings. The molecule has 88 valence electrons. The summed E-state index contributed by atoms with van der Waals surface area (Å²) in [4.78, 5) is 0. The molecule has 2 heteroatoms. The van der Waals surface area contributed by atoms with Crippen LogP contribution in [0.15, 0.2) is 60.7 Å². The molecule has 0 aliphatic carbocycles. The molecule has 0 saturated carbocycles. The Kier molecular flexibility index (Phi) is 3.93. The summed E-state index contributed by atoms with van der Waals surface area (Å²) in [5, 5.41) is -0.336. The fourth-order valence-corrected chi connectivity index (χ4v) is 2.23. The van der Waals surface area contributed by atoms with Crippen LogP contribution in [0.2, 0.25) is 0 Å². The van der Waals surface area contributed by atoms with Crippen molar-refractivity contribution in [1.82, 2.24) is 0 Å². The number of benzene rings is 2. The molecule has 2 aromatic carbocycles. The van der Waals surface area contributed by atoms with Crippen molar-refractivity contribution in [1.29, 1.82) is 0 Å². The molecule has 2 unspecified atom stereocenters. The number of rotatable bonds is 4. The van der Waals surface area contributed by atoms with Gasteiger partial charge in [0, 0.05) is 0 Å². The molecule has 17 heavy (non-hydrogen) atoms. The van der Waals surface area contributed by atoms with Crippen LogP contribution < -0.4 is 5.73 Å². The number of hydrogen-bond donors (Lipinski definition) is 1. The summed E-state index contributed by atoms with van der Waals surface area (Å²) in [6.45, 7) is 0. The summed E-state index contributed by atoms with van der Waals surface area (Å²) < 4.78 is 0. The highest BCUT2D eigenvalue weighted by Crippen LogP contribution is 2.30. The first-order valence-electron chi connectivity index (χ1n) is 5.86. The molecule has 2 N–H and O–H groups in total. The van der Waals surface area contributed by atoms with E-state index in [2.05, 4.69) is 45.6 Å². The van der Waals surface area contributed by atoms with Gasteiger partial charge in [-0.25, -0.2) is 0 Å². The normalized spacial score (nSPS) is 14.2. The minimum atomic E-state index is -0.336. The van der Waals surface area contributed by atoms with Gasteiger partial charge < -0.3 is 5.73 Å². The molecule has 0 aliphatic heterocycles. The highest BCUT2D eigenvalue weighted by Gasteiger charge is 2.20. The van der Waals surface area contributed by atoms with Crippen LogP contribution in [-0.4, -0.2) is 0 Å². The standard InChI is InChI=1S/C15H18NP/c16-15(17,14-9-5-2-6-10-14)12-11-13-7-3-1-4-8-13/h1-10H,11-12,16-17H2. The van der Waals surface area contributed by atoms with Crippen molar-refractivity contribution in [3.05, 3.63) is 71.8 Å². The third-order valence-corrected chi connectivity index (χ3v) is 3.60. The molecule has 0 heterocycles. The Bertz CT molecular complexity index is 451. The van der Waals surface area contributed by atoms with E-state index in [0.717, 1.165) is 12.8 Å². The van der Waals surface area contributed by atoms with Crippen LogP contribution in [0.3, 0.4) is 0 Å². The lowest BCUT2D eigenvalue weighted by Crippen LogP contribution is -2.29. The van der Waals surface area contributed by atoms with Gasteiger partial charge in [-0.2, -0.15) is 0 Å². The van der Waals surface area contributed by atoms with Crippen LogP contribution in [0.25, 0.3) is 0 Å². The van der Waals surface area contributed by atoms with E-state index in [-0.39, 0.29) is 5.28 Å². The molecule has 0 spiro atoms. The van der Waals surface area contributed by atoms with Gasteiger partial charge in [-0.1, -0.05) is 60.7 Å². The molecule has 2 rings (SSSR count). The number of hydrogen-bond acceptors (Lipinski definition) is 1. The van der Waals surface area contributed by atoms with Crippen LogP contribution in [-0.2, 0) is 11.7 Å². The summed E-state index contributed by atoms with van der Waals surface area (Å²) >= 11 is 0. The molecule has 0 radical (unpaired) electrons. The zero-order valence-corrected chi connectivity index (χ0v) is 11.0. The molecule has 0 saturated heterocycles. The SMILES string of the molecule is NC(P)(CCc1ccccc1)c1ccccc1. The van der Waals surface area contributed by atoms with Crippen molar-refractivity contribution in [3.63, 3.8) is 0 Å². The summed E-state index contributed by atoms with van der Waals surface area (Å²) in [6.07, 6.45) is 1.92. The Labute approximate surface area is 105 Å². The molecule has 1 nitrogen and oxygen atoms in total. The fraction of sp³-hybridized carbons (Fsp3) is 0.200. The Morgan fingerprint density at radius 2 is 1.41 bits per heavy atom. The van der Waals surface area contributed by atoms with Gasteiger partial charge in [0.25, 0.3) is 0 Å². The van der Waals surface area contributed by atoms with Gasteiger partial charge in [0.2, 0.25) is 0 Å². The summed E-state index contributed by atoms with van der Waals surface area (Å²) in [7, 11) is 2.78. The minimum absolute atomic E-state index is 0.336. The first-order valence-corrected chi connectivity index (χ1v) is 6.43. The van der Waals surface area contributed by atoms with Gasteiger partial charge in [0.15, 0.2) is 0 Å². The molecule has 2 aromatic rings. The van der Waals surface area contributed by atoms with Crippen molar-refractivity contribution >= 4 is 9.24 Å². The highest BCUT2D eigenvalue weighted by atomic mass is 31.0. The first kappa shape index (κ1) is 12.3. The lowest BCUT2D eigenvalue weighted by Gasteiger charge is -2.25. The fourth-order valence-electron chi connectivity index (χ4n) is 1.89. The van der Waals surface area contributed by atoms with Crippen molar-refractivity contribution in [2.24, 2.45) is 5.73 Å². The van der Waals surface area contributed by atoms with Crippen molar-refractivity contribution in [2.75, 3.05) is 0 Å². The molecule has 0 aliphatic rings. The van der Waals surface area contributed by atoms with Crippen LogP contribution in [0.5, 0.6) is 0 Å². The molecule has 0 amide bonds. The van der Waals surface area contributed by atoms with E-state index in [0.29, 0.717) is 0 Å². The Morgan fingerprint density at radius 1 is 0.882 bits per heavy atom. The number of nitrogens with two attached hydrogens (primary N) is 1. The van der Waals surface area contributed by atoms with Crippen molar-refractivity contribution in [3.8, 4) is 0 Å². The van der Waals surface area contributed by atoms with Crippen LogP contribution >= 0.6 is 9.24 Å². The van der Waals surface area contributed by atoms with Gasteiger partial charge in [0.1, 0.15) is 0 Å². The van der Waals surface area contributed by atoms with Gasteiger partial charge in [0.05, 0.1) is 5.28 Å². The molecule has 2 atom stereocenters. The predicted octanol–water partition coefficient (Wildman–Crippen LogP) is 3.31. The third kappa shape index (κ3) is 3.39. The van der Waals surface area contributed by atoms with Gasteiger partial charge in [-0.3, -0.25) is 0 Å². The summed E-state index contributed by atoms with van der Waals surface area (Å²) in [5.74, 6) is 0. The van der Waals surface area contributed by atoms with E-state index in [1.54, 1.807) is 0 Å². The van der Waals surface area contributed by atoms with Gasteiger partial charge >= 0.3 is 0 Å². The van der Waals surface area contributed by atoms with Crippen molar-refractivity contribution in [2.45, 2.75) is 18.1 Å². The molecule has 0 bridgehead atoms. The Morgan fingerprint density at radius 3 is 2.00 bits per heavy atom. The maximum Gasteiger partial charge on any atom is 0.0554 e. The van der Waals surface area contributed by atoms with Crippen molar-refractivity contribution < 1.29 is 0 Å². The zero-order chi connectivity index (χ0) is 12.1. The van der Waals surface area contributed by atoms with E-state index in [1.165, 1.54) is 11.1 Å². The molecular formula is C15H18NP. The van der Waals surface area contributed by atoms with E-state index >= 15 is 0 Å². The quantitative estimate of drug-likeness (QED) is 0.819. The average Bonchev–Trinajstić information content (AvgIpc) is 2.39. The van der Waals surface area contributed by atoms with E-state index in [1.807, 2.05) is 24.3 Å². The lowest BCUT2D eigenvalue weighted by molar-refractivity contribution is 0.591. The second-order valence-corrected chi connectivity index (χ2v) is 5.42. The minimum Gasteiger partial charge on any atom is -0.318 e. The average molecular weight is 243 g/mol. The van der Waals surface area contributed by atoms with Crippen LogP contribution in [0, 0.1) is 0 Å². The Hall–Kier alpha value is -1.17. The van der Waals surface area contributed by atoms with E-state index in [4.69, 9.17) is 5.73 Å².